The van der Waals surface area contributed by atoms with E-state index in [1.54, 1.807) is 36.2 Å². The molecule has 196 valence electrons. The molecule has 1 saturated heterocycles. The first-order valence-corrected chi connectivity index (χ1v) is 12.4. The van der Waals surface area contributed by atoms with E-state index in [1.807, 2.05) is 13.8 Å². The summed E-state index contributed by atoms with van der Waals surface area (Å²) in [7, 11) is 1.50. The Morgan fingerprint density at radius 3 is 2.54 bits per heavy atom. The normalized spacial score (nSPS) is 14.3. The van der Waals surface area contributed by atoms with Crippen molar-refractivity contribution < 1.29 is 23.5 Å². The maximum atomic E-state index is 12.7. The zero-order valence-electron chi connectivity index (χ0n) is 21.1. The summed E-state index contributed by atoms with van der Waals surface area (Å²) >= 11 is 1.11. The molecule has 1 aliphatic rings. The lowest BCUT2D eigenvalue weighted by Gasteiger charge is -2.39. The van der Waals surface area contributed by atoms with E-state index in [9.17, 15) is 14.4 Å². The minimum absolute atomic E-state index is 0.0538. The monoisotopic (exact) mass is 527 g/mol. The van der Waals surface area contributed by atoms with Crippen molar-refractivity contribution in [2.24, 2.45) is 0 Å². The fourth-order valence-electron chi connectivity index (χ4n) is 4.15. The summed E-state index contributed by atoms with van der Waals surface area (Å²) in [4.78, 5) is 46.4. The number of benzene rings is 1. The smallest absolute Gasteiger partial charge is 0.313 e. The van der Waals surface area contributed by atoms with E-state index < -0.39 is 17.4 Å². The summed E-state index contributed by atoms with van der Waals surface area (Å²) in [5.74, 6) is -0.594. The summed E-state index contributed by atoms with van der Waals surface area (Å²) < 4.78 is 14.5. The second kappa shape index (κ2) is 11.0. The number of nitrogens with one attached hydrogen (secondary N) is 2. The first-order valence-electron chi connectivity index (χ1n) is 11.7. The molecule has 2 N–H and O–H groups in total. The van der Waals surface area contributed by atoms with Crippen LogP contribution in [0.4, 0.5) is 5.69 Å². The highest BCUT2D eigenvalue weighted by Gasteiger charge is 2.30. The third-order valence-electron chi connectivity index (χ3n) is 5.94. The number of carbonyl (C=O) groups excluding carboxylic acids is 3. The highest BCUT2D eigenvalue weighted by molar-refractivity contribution is 7.07. The Bertz CT molecular complexity index is 1270. The molecule has 37 heavy (non-hydrogen) atoms. The van der Waals surface area contributed by atoms with Crippen molar-refractivity contribution in [1.82, 2.24) is 29.7 Å². The van der Waals surface area contributed by atoms with Gasteiger partial charge in [0.1, 0.15) is 10.6 Å². The number of ether oxygens (including phenoxy) is 1. The molecule has 0 bridgehead atoms. The van der Waals surface area contributed by atoms with Crippen molar-refractivity contribution in [3.63, 3.8) is 0 Å². The van der Waals surface area contributed by atoms with Crippen molar-refractivity contribution in [1.29, 1.82) is 0 Å². The predicted molar refractivity (Wildman–Crippen MR) is 136 cm³/mol. The molecule has 1 fully saturated rings. The standard InChI is InChI=1S/C24H29N7O5S/c1-15-20(37-29-28-15)23(34)31-9-7-30(8-10-31)13-24(2,3)27-22(33)21(32)26-16-5-6-17(18(11-16)35-4)19-12-25-14-36-19/h5-6,11-12,14H,7-10,13H2,1-4H3,(H,26,32)(H,27,33). The number of methoxy groups -OCH3 is 1. The molecule has 4 rings (SSSR count). The van der Waals surface area contributed by atoms with E-state index >= 15 is 0 Å². The van der Waals surface area contributed by atoms with Gasteiger partial charge in [0.25, 0.3) is 5.91 Å². The number of piperazine rings is 1. The van der Waals surface area contributed by atoms with Crippen molar-refractivity contribution in [2.45, 2.75) is 26.3 Å². The molecule has 3 amide bonds. The topological polar surface area (TPSA) is 143 Å². The molecule has 2 aromatic heterocycles. The minimum atomic E-state index is -0.786. The molecule has 0 spiro atoms. The third-order valence-corrected chi connectivity index (χ3v) is 6.76. The van der Waals surface area contributed by atoms with Gasteiger partial charge in [0.05, 0.1) is 24.6 Å². The van der Waals surface area contributed by atoms with Gasteiger partial charge in [-0.1, -0.05) is 4.49 Å². The predicted octanol–water partition coefficient (Wildman–Crippen LogP) is 1.80. The van der Waals surface area contributed by atoms with Crippen LogP contribution in [0.15, 0.2) is 35.2 Å². The highest BCUT2D eigenvalue weighted by Crippen LogP contribution is 2.32. The molecule has 0 atom stereocenters. The first kappa shape index (κ1) is 26.2. The van der Waals surface area contributed by atoms with Gasteiger partial charge in [-0.2, -0.15) is 0 Å². The average Bonchev–Trinajstić information content (AvgIpc) is 3.55. The Labute approximate surface area is 218 Å². The number of amides is 3. The van der Waals surface area contributed by atoms with E-state index in [0.717, 1.165) is 11.5 Å². The van der Waals surface area contributed by atoms with Crippen LogP contribution >= 0.6 is 11.5 Å². The van der Waals surface area contributed by atoms with Crippen molar-refractivity contribution in [3.8, 4) is 17.1 Å². The van der Waals surface area contributed by atoms with Crippen LogP contribution in [-0.4, -0.2) is 87.5 Å². The van der Waals surface area contributed by atoms with Gasteiger partial charge in [-0.05, 0) is 44.4 Å². The number of nitrogens with zero attached hydrogens (tertiary/aromatic N) is 5. The Morgan fingerprint density at radius 2 is 1.92 bits per heavy atom. The molecule has 1 aromatic carbocycles. The zero-order chi connectivity index (χ0) is 26.6. The average molecular weight is 528 g/mol. The number of oxazole rings is 1. The van der Waals surface area contributed by atoms with Crippen molar-refractivity contribution in [3.05, 3.63) is 41.4 Å². The molecule has 1 aliphatic heterocycles. The fourth-order valence-corrected chi connectivity index (χ4v) is 4.78. The van der Waals surface area contributed by atoms with Crippen LogP contribution < -0.4 is 15.4 Å². The highest BCUT2D eigenvalue weighted by atomic mass is 32.1. The maximum absolute atomic E-state index is 12.7. The van der Waals surface area contributed by atoms with E-state index in [-0.39, 0.29) is 5.91 Å². The van der Waals surface area contributed by atoms with E-state index in [1.165, 1.54) is 13.5 Å². The van der Waals surface area contributed by atoms with Crippen LogP contribution in [0.5, 0.6) is 5.75 Å². The maximum Gasteiger partial charge on any atom is 0.313 e. The van der Waals surface area contributed by atoms with Crippen LogP contribution in [-0.2, 0) is 9.59 Å². The Morgan fingerprint density at radius 1 is 1.16 bits per heavy atom. The van der Waals surface area contributed by atoms with Gasteiger partial charge >= 0.3 is 11.8 Å². The van der Waals surface area contributed by atoms with Crippen LogP contribution in [0.3, 0.4) is 0 Å². The zero-order valence-corrected chi connectivity index (χ0v) is 21.9. The van der Waals surface area contributed by atoms with Gasteiger partial charge in [-0.25, -0.2) is 4.98 Å². The summed E-state index contributed by atoms with van der Waals surface area (Å²) in [6.07, 6.45) is 2.88. The van der Waals surface area contributed by atoms with Gasteiger partial charge in [0.2, 0.25) is 0 Å². The molecular weight excluding hydrogens is 498 g/mol. The number of aryl methyl sites for hydroxylation is 1. The van der Waals surface area contributed by atoms with Gasteiger partial charge in [0.15, 0.2) is 12.2 Å². The lowest BCUT2D eigenvalue weighted by molar-refractivity contribution is -0.137. The summed E-state index contributed by atoms with van der Waals surface area (Å²) in [5, 5.41) is 9.33. The molecule has 13 heteroatoms. The summed E-state index contributed by atoms with van der Waals surface area (Å²) in [6, 6.07) is 4.98. The van der Waals surface area contributed by atoms with E-state index in [0.29, 0.717) is 66.1 Å². The van der Waals surface area contributed by atoms with Crippen LogP contribution in [0.1, 0.15) is 29.2 Å². The number of hydrogen-bond donors (Lipinski definition) is 2. The molecule has 0 radical (unpaired) electrons. The second-order valence-corrected chi connectivity index (χ2v) is 10.1. The molecule has 0 aliphatic carbocycles. The van der Waals surface area contributed by atoms with Gasteiger partial charge < -0.3 is 24.7 Å². The number of aromatic nitrogens is 3. The number of hydrogen-bond acceptors (Lipinski definition) is 10. The Kier molecular flexibility index (Phi) is 7.83. The number of rotatable bonds is 7. The SMILES string of the molecule is COc1cc(NC(=O)C(=O)NC(C)(C)CN2CCN(C(=O)c3snnc3C)CC2)ccc1-c1cnco1. The summed E-state index contributed by atoms with van der Waals surface area (Å²) in [6.45, 7) is 8.45. The van der Waals surface area contributed by atoms with Crippen LogP contribution in [0.25, 0.3) is 11.3 Å². The van der Waals surface area contributed by atoms with Gasteiger partial charge in [-0.3, -0.25) is 19.3 Å². The van der Waals surface area contributed by atoms with Crippen molar-refractivity contribution >= 4 is 34.9 Å². The summed E-state index contributed by atoms with van der Waals surface area (Å²) in [5.41, 5.74) is 1.05. The lowest BCUT2D eigenvalue weighted by Crippen LogP contribution is -2.57. The number of carbonyl (C=O) groups is 3. The van der Waals surface area contributed by atoms with Crippen LogP contribution in [0.2, 0.25) is 0 Å². The van der Waals surface area contributed by atoms with Crippen molar-refractivity contribution in [2.75, 3.05) is 45.2 Å². The lowest BCUT2D eigenvalue weighted by atomic mass is 10.0. The molecule has 0 saturated carbocycles. The molecule has 3 aromatic rings. The fraction of sp³-hybridized carbons (Fsp3) is 0.417. The molecule has 0 unspecified atom stereocenters. The molecular formula is C24H29N7O5S. The quantitative estimate of drug-likeness (QED) is 0.440. The van der Waals surface area contributed by atoms with Gasteiger partial charge in [-0.15, -0.1) is 5.10 Å². The van der Waals surface area contributed by atoms with Crippen LogP contribution in [0, 0.1) is 6.92 Å². The molecule has 3 heterocycles. The molecule has 12 nitrogen and oxygen atoms in total. The third kappa shape index (κ3) is 6.30. The number of anilines is 1. The van der Waals surface area contributed by atoms with E-state index in [4.69, 9.17) is 9.15 Å². The Hall–Kier alpha value is -3.84. The second-order valence-electron chi connectivity index (χ2n) is 9.33. The largest absolute Gasteiger partial charge is 0.496 e. The minimum Gasteiger partial charge on any atom is -0.496 e. The Balaban J connectivity index is 1.28. The van der Waals surface area contributed by atoms with E-state index in [2.05, 4.69) is 30.1 Å². The van der Waals surface area contributed by atoms with Gasteiger partial charge in [0, 0.05) is 50.0 Å². The first-order chi connectivity index (χ1) is 17.7.